The lowest BCUT2D eigenvalue weighted by atomic mass is 10.0. The summed E-state index contributed by atoms with van der Waals surface area (Å²) in [6.07, 6.45) is -0.702. The maximum atomic E-state index is 12.4. The summed E-state index contributed by atoms with van der Waals surface area (Å²) in [6.45, 7) is 1.58. The molecule has 0 aliphatic heterocycles. The molecule has 1 heterocycles. The summed E-state index contributed by atoms with van der Waals surface area (Å²) in [6, 6.07) is 19.2. The highest BCUT2D eigenvalue weighted by Gasteiger charge is 2.19. The number of esters is 1. The molecule has 1 amide bonds. The van der Waals surface area contributed by atoms with Gasteiger partial charge in [0.25, 0.3) is 5.91 Å². The van der Waals surface area contributed by atoms with E-state index >= 15 is 0 Å². The number of nitrogens with one attached hydrogen (secondary N) is 1. The highest BCUT2D eigenvalue weighted by atomic mass is 32.1. The molecule has 0 aliphatic rings. The van der Waals surface area contributed by atoms with Crippen molar-refractivity contribution in [3.8, 4) is 11.1 Å². The van der Waals surface area contributed by atoms with E-state index in [0.717, 1.165) is 16.7 Å². The molecule has 26 heavy (non-hydrogen) atoms. The van der Waals surface area contributed by atoms with Gasteiger partial charge < -0.3 is 10.1 Å². The predicted octanol–water partition coefficient (Wildman–Crippen LogP) is 4.53. The standard InChI is InChI=1S/C21H19NO3S/c1-15(25-20(23)13-16-11-12-26-14-16)21(24)22-19-10-6-5-9-18(19)17-7-3-2-4-8-17/h2-12,14-15H,13H2,1H3,(H,22,24)/t15-/m0/s1. The van der Waals surface area contributed by atoms with Crippen LogP contribution in [0.15, 0.2) is 71.4 Å². The van der Waals surface area contributed by atoms with Crippen LogP contribution in [0.3, 0.4) is 0 Å². The van der Waals surface area contributed by atoms with E-state index in [2.05, 4.69) is 5.32 Å². The van der Waals surface area contributed by atoms with E-state index in [0.29, 0.717) is 5.69 Å². The van der Waals surface area contributed by atoms with Gasteiger partial charge in [-0.25, -0.2) is 0 Å². The number of amides is 1. The molecule has 0 bridgehead atoms. The molecule has 0 unspecified atom stereocenters. The smallest absolute Gasteiger partial charge is 0.311 e. The average molecular weight is 365 g/mol. The summed E-state index contributed by atoms with van der Waals surface area (Å²) in [4.78, 5) is 24.4. The fourth-order valence-corrected chi connectivity index (χ4v) is 3.22. The summed E-state index contributed by atoms with van der Waals surface area (Å²) in [5.74, 6) is -0.769. The van der Waals surface area contributed by atoms with Crippen LogP contribution in [-0.4, -0.2) is 18.0 Å². The number of rotatable bonds is 6. The Morgan fingerprint density at radius 3 is 2.50 bits per heavy atom. The number of carbonyl (C=O) groups is 2. The third-order valence-corrected chi connectivity index (χ3v) is 4.61. The first kappa shape index (κ1) is 17.9. The third kappa shape index (κ3) is 4.58. The van der Waals surface area contributed by atoms with Gasteiger partial charge in [-0.15, -0.1) is 0 Å². The monoisotopic (exact) mass is 365 g/mol. The molecule has 1 atom stereocenters. The number of thiophene rings is 1. The van der Waals surface area contributed by atoms with Crippen molar-refractivity contribution in [2.24, 2.45) is 0 Å². The molecule has 132 valence electrons. The molecule has 3 rings (SSSR count). The van der Waals surface area contributed by atoms with Gasteiger partial charge in [0.1, 0.15) is 0 Å². The molecule has 0 saturated heterocycles. The SMILES string of the molecule is C[C@H](OC(=O)Cc1ccsc1)C(=O)Nc1ccccc1-c1ccccc1. The van der Waals surface area contributed by atoms with E-state index in [4.69, 9.17) is 4.74 Å². The van der Waals surface area contributed by atoms with Crippen LogP contribution in [0.2, 0.25) is 0 Å². The summed E-state index contributed by atoms with van der Waals surface area (Å²) < 4.78 is 5.26. The van der Waals surface area contributed by atoms with Gasteiger partial charge in [0.05, 0.1) is 6.42 Å². The molecular formula is C21H19NO3S. The van der Waals surface area contributed by atoms with Gasteiger partial charge in [-0.2, -0.15) is 11.3 Å². The summed E-state index contributed by atoms with van der Waals surface area (Å²) in [5.41, 5.74) is 3.50. The highest BCUT2D eigenvalue weighted by molar-refractivity contribution is 7.08. The Morgan fingerprint density at radius 1 is 1.04 bits per heavy atom. The van der Waals surface area contributed by atoms with Crippen LogP contribution in [0.1, 0.15) is 12.5 Å². The quantitative estimate of drug-likeness (QED) is 0.653. The molecule has 3 aromatic rings. The average Bonchev–Trinajstić information content (AvgIpc) is 3.15. The van der Waals surface area contributed by atoms with Crippen LogP contribution in [0, 0.1) is 0 Å². The molecule has 0 radical (unpaired) electrons. The number of ether oxygens (including phenoxy) is 1. The van der Waals surface area contributed by atoms with E-state index in [1.807, 2.05) is 71.4 Å². The van der Waals surface area contributed by atoms with Gasteiger partial charge in [0.15, 0.2) is 6.10 Å². The third-order valence-electron chi connectivity index (χ3n) is 3.88. The minimum Gasteiger partial charge on any atom is -0.452 e. The number of hydrogen-bond acceptors (Lipinski definition) is 4. The van der Waals surface area contributed by atoms with Crippen LogP contribution >= 0.6 is 11.3 Å². The second-order valence-electron chi connectivity index (χ2n) is 5.84. The first-order valence-corrected chi connectivity index (χ1v) is 9.23. The van der Waals surface area contributed by atoms with Gasteiger partial charge in [0.2, 0.25) is 0 Å². The molecule has 2 aromatic carbocycles. The second kappa shape index (κ2) is 8.45. The van der Waals surface area contributed by atoms with E-state index in [9.17, 15) is 9.59 Å². The van der Waals surface area contributed by atoms with Crippen molar-refractivity contribution >= 4 is 28.9 Å². The predicted molar refractivity (Wildman–Crippen MR) is 104 cm³/mol. The van der Waals surface area contributed by atoms with Gasteiger partial charge in [-0.05, 0) is 40.9 Å². The van der Waals surface area contributed by atoms with Crippen molar-refractivity contribution in [1.29, 1.82) is 0 Å². The first-order valence-electron chi connectivity index (χ1n) is 8.29. The van der Waals surface area contributed by atoms with Crippen molar-refractivity contribution in [2.45, 2.75) is 19.4 Å². The van der Waals surface area contributed by atoms with Crippen LogP contribution < -0.4 is 5.32 Å². The molecular weight excluding hydrogens is 346 g/mol. The zero-order valence-corrected chi connectivity index (χ0v) is 15.2. The van der Waals surface area contributed by atoms with E-state index in [-0.39, 0.29) is 12.3 Å². The Hall–Kier alpha value is -2.92. The van der Waals surface area contributed by atoms with Crippen LogP contribution in [0.25, 0.3) is 11.1 Å². The molecule has 0 aliphatic carbocycles. The number of para-hydroxylation sites is 1. The van der Waals surface area contributed by atoms with E-state index < -0.39 is 12.1 Å². The van der Waals surface area contributed by atoms with Crippen molar-refractivity contribution < 1.29 is 14.3 Å². The Balaban J connectivity index is 1.65. The Kier molecular flexibility index (Phi) is 5.81. The van der Waals surface area contributed by atoms with Crippen LogP contribution in [0.5, 0.6) is 0 Å². The van der Waals surface area contributed by atoms with Crippen molar-refractivity contribution in [2.75, 3.05) is 5.32 Å². The fourth-order valence-electron chi connectivity index (χ4n) is 2.55. The number of hydrogen-bond donors (Lipinski definition) is 1. The minimum absolute atomic E-state index is 0.168. The van der Waals surface area contributed by atoms with Gasteiger partial charge in [0, 0.05) is 11.3 Å². The Labute approximate surface area is 156 Å². The van der Waals surface area contributed by atoms with Gasteiger partial charge >= 0.3 is 5.97 Å². The molecule has 4 nitrogen and oxygen atoms in total. The molecule has 0 fully saturated rings. The molecule has 5 heteroatoms. The van der Waals surface area contributed by atoms with Gasteiger partial charge in [-0.3, -0.25) is 9.59 Å². The van der Waals surface area contributed by atoms with Crippen molar-refractivity contribution in [3.63, 3.8) is 0 Å². The largest absolute Gasteiger partial charge is 0.452 e. The number of benzene rings is 2. The van der Waals surface area contributed by atoms with Gasteiger partial charge in [-0.1, -0.05) is 48.5 Å². The minimum atomic E-state index is -0.870. The zero-order valence-electron chi connectivity index (χ0n) is 14.3. The summed E-state index contributed by atoms with van der Waals surface area (Å²) in [5, 5.41) is 6.65. The summed E-state index contributed by atoms with van der Waals surface area (Å²) >= 11 is 1.52. The first-order chi connectivity index (χ1) is 12.6. The van der Waals surface area contributed by atoms with Crippen molar-refractivity contribution in [1.82, 2.24) is 0 Å². The number of anilines is 1. The van der Waals surface area contributed by atoms with Crippen LogP contribution in [-0.2, 0) is 20.7 Å². The van der Waals surface area contributed by atoms with Crippen molar-refractivity contribution in [3.05, 3.63) is 77.0 Å². The van der Waals surface area contributed by atoms with Crippen LogP contribution in [0.4, 0.5) is 5.69 Å². The summed E-state index contributed by atoms with van der Waals surface area (Å²) in [7, 11) is 0. The molecule has 0 saturated carbocycles. The molecule has 1 aromatic heterocycles. The Bertz CT molecular complexity index is 875. The lowest BCUT2D eigenvalue weighted by Gasteiger charge is -2.15. The molecule has 0 spiro atoms. The maximum absolute atomic E-state index is 12.4. The maximum Gasteiger partial charge on any atom is 0.311 e. The topological polar surface area (TPSA) is 55.4 Å². The van der Waals surface area contributed by atoms with E-state index in [1.54, 1.807) is 6.92 Å². The second-order valence-corrected chi connectivity index (χ2v) is 6.62. The lowest BCUT2D eigenvalue weighted by Crippen LogP contribution is -2.30. The normalized spacial score (nSPS) is 11.6. The lowest BCUT2D eigenvalue weighted by molar-refractivity contribution is -0.152. The zero-order chi connectivity index (χ0) is 18.4. The molecule has 1 N–H and O–H groups in total. The van der Waals surface area contributed by atoms with E-state index in [1.165, 1.54) is 11.3 Å². The highest BCUT2D eigenvalue weighted by Crippen LogP contribution is 2.27. The Morgan fingerprint density at radius 2 is 1.77 bits per heavy atom. The number of carbonyl (C=O) groups excluding carboxylic acids is 2. The fraction of sp³-hybridized carbons (Fsp3) is 0.143.